The van der Waals surface area contributed by atoms with Gasteiger partial charge in [-0.25, -0.2) is 4.79 Å². The van der Waals surface area contributed by atoms with Crippen molar-refractivity contribution in [1.29, 1.82) is 0 Å². The zero-order chi connectivity index (χ0) is 17.6. The first-order valence-corrected chi connectivity index (χ1v) is 8.58. The molecule has 1 aliphatic rings. The molecule has 0 saturated heterocycles. The normalized spacial score (nSPS) is 19.6. The van der Waals surface area contributed by atoms with Crippen LogP contribution in [0.1, 0.15) is 33.6 Å². The molecule has 2 aromatic carbocycles. The van der Waals surface area contributed by atoms with Crippen LogP contribution in [0, 0.1) is 6.92 Å². The van der Waals surface area contributed by atoms with E-state index < -0.39 is 5.54 Å². The first-order chi connectivity index (χ1) is 12.0. The molecule has 2 heterocycles. The van der Waals surface area contributed by atoms with E-state index in [1.807, 2.05) is 25.1 Å². The fraction of sp³-hybridized carbons (Fsp3) is 0.286. The van der Waals surface area contributed by atoms with Crippen molar-refractivity contribution in [2.75, 3.05) is 7.11 Å². The van der Waals surface area contributed by atoms with Crippen LogP contribution in [0.25, 0.3) is 10.9 Å². The first-order valence-electron chi connectivity index (χ1n) is 8.58. The number of nitrogens with zero attached hydrogens (tertiary/aromatic N) is 1. The van der Waals surface area contributed by atoms with Crippen LogP contribution in [0.5, 0.6) is 0 Å². The highest BCUT2D eigenvalue weighted by Crippen LogP contribution is 2.38. The second-order valence-electron chi connectivity index (χ2n) is 6.94. The van der Waals surface area contributed by atoms with E-state index in [0.29, 0.717) is 12.1 Å². The van der Waals surface area contributed by atoms with E-state index in [-0.39, 0.29) is 5.97 Å². The maximum absolute atomic E-state index is 12.4. The van der Waals surface area contributed by atoms with Gasteiger partial charge in [-0.1, -0.05) is 42.0 Å². The fourth-order valence-corrected chi connectivity index (χ4v) is 4.00. The second-order valence-corrected chi connectivity index (χ2v) is 6.94. The summed E-state index contributed by atoms with van der Waals surface area (Å²) in [6, 6.07) is 16.4. The van der Waals surface area contributed by atoms with Gasteiger partial charge in [0.1, 0.15) is 0 Å². The maximum atomic E-state index is 12.4. The summed E-state index contributed by atoms with van der Waals surface area (Å²) in [4.78, 5) is 12.4. The molecule has 4 nitrogen and oxygen atoms in total. The predicted octanol–water partition coefficient (Wildman–Crippen LogP) is 3.54. The summed E-state index contributed by atoms with van der Waals surface area (Å²) in [5.41, 5.74) is 11.4. The molecule has 0 amide bonds. The van der Waals surface area contributed by atoms with Crippen molar-refractivity contribution in [3.63, 3.8) is 0 Å². The average Bonchev–Trinajstić information content (AvgIpc) is 2.94. The minimum atomic E-state index is -0.432. The van der Waals surface area contributed by atoms with E-state index in [1.165, 1.54) is 7.11 Å². The number of esters is 1. The van der Waals surface area contributed by atoms with E-state index >= 15 is 0 Å². The third-order valence-electron chi connectivity index (χ3n) is 5.31. The largest absolute Gasteiger partial charge is 0.465 e. The summed E-state index contributed by atoms with van der Waals surface area (Å²) >= 11 is 0. The molecule has 128 valence electrons. The number of rotatable bonds is 2. The third-order valence-corrected chi connectivity index (χ3v) is 5.31. The molecule has 0 saturated carbocycles. The van der Waals surface area contributed by atoms with Crippen molar-refractivity contribution in [1.82, 2.24) is 4.57 Å². The van der Waals surface area contributed by atoms with Crippen LogP contribution >= 0.6 is 0 Å². The molecule has 0 bridgehead atoms. The Balaban J connectivity index is 1.91. The summed E-state index contributed by atoms with van der Waals surface area (Å²) in [6.45, 7) is 2.69. The van der Waals surface area contributed by atoms with Crippen LogP contribution in [-0.4, -0.2) is 17.6 Å². The maximum Gasteiger partial charge on any atom is 0.340 e. The van der Waals surface area contributed by atoms with Crippen LogP contribution in [0.15, 0.2) is 48.5 Å². The van der Waals surface area contributed by atoms with E-state index in [1.54, 1.807) is 0 Å². The molecule has 2 N–H and O–H groups in total. The van der Waals surface area contributed by atoms with Gasteiger partial charge in [-0.05, 0) is 37.5 Å². The van der Waals surface area contributed by atoms with Gasteiger partial charge in [0.05, 0.1) is 18.2 Å². The zero-order valence-corrected chi connectivity index (χ0v) is 14.6. The Morgan fingerprint density at radius 3 is 2.68 bits per heavy atom. The van der Waals surface area contributed by atoms with E-state index in [0.717, 1.165) is 40.6 Å². The van der Waals surface area contributed by atoms with Gasteiger partial charge in [0, 0.05) is 23.1 Å². The quantitative estimate of drug-likeness (QED) is 0.729. The van der Waals surface area contributed by atoms with Gasteiger partial charge in [0.25, 0.3) is 0 Å². The lowest BCUT2D eigenvalue weighted by Gasteiger charge is -2.36. The van der Waals surface area contributed by atoms with Gasteiger partial charge >= 0.3 is 5.97 Å². The molecule has 25 heavy (non-hydrogen) atoms. The second kappa shape index (κ2) is 5.74. The highest BCUT2D eigenvalue weighted by atomic mass is 16.5. The number of nitrogens with two attached hydrogens (primary N) is 1. The topological polar surface area (TPSA) is 57.2 Å². The number of hydrogen-bond donors (Lipinski definition) is 1. The molecular weight excluding hydrogens is 312 g/mol. The summed E-state index contributed by atoms with van der Waals surface area (Å²) in [5.74, 6) is -0.270. The van der Waals surface area contributed by atoms with E-state index in [9.17, 15) is 4.79 Å². The molecule has 1 aliphatic heterocycles. The van der Waals surface area contributed by atoms with E-state index in [2.05, 4.69) is 34.9 Å². The SMILES string of the molecule is COC(=O)c1c2n(c3ccc(C)cc13)C[C@@](N)(c1ccccc1)CC2. The Labute approximate surface area is 147 Å². The number of ether oxygens (including phenoxy) is 1. The minimum absolute atomic E-state index is 0.270. The number of hydrogen-bond acceptors (Lipinski definition) is 3. The summed E-state index contributed by atoms with van der Waals surface area (Å²) in [5, 5.41) is 0.958. The van der Waals surface area contributed by atoms with Crippen molar-refractivity contribution >= 4 is 16.9 Å². The molecule has 0 aliphatic carbocycles. The lowest BCUT2D eigenvalue weighted by Crippen LogP contribution is -2.44. The standard InChI is InChI=1S/C21H22N2O2/c1-14-8-9-17-16(12-14)19(20(24)25-2)18-10-11-21(22,13-23(17)18)15-6-4-3-5-7-15/h3-9,12H,10-11,13,22H2,1-2H3/t21-/m1/s1. The summed E-state index contributed by atoms with van der Waals surface area (Å²) < 4.78 is 7.27. The molecular formula is C21H22N2O2. The molecule has 0 spiro atoms. The summed E-state index contributed by atoms with van der Waals surface area (Å²) in [7, 11) is 1.44. The Kier molecular flexibility index (Phi) is 3.65. The molecule has 4 rings (SSSR count). The Morgan fingerprint density at radius 2 is 1.96 bits per heavy atom. The third kappa shape index (κ3) is 2.45. The fourth-order valence-electron chi connectivity index (χ4n) is 4.00. The molecule has 0 unspecified atom stereocenters. The Bertz CT molecular complexity index is 959. The Hall–Kier alpha value is -2.59. The lowest BCUT2D eigenvalue weighted by atomic mass is 9.83. The number of carbonyl (C=O) groups is 1. The zero-order valence-electron chi connectivity index (χ0n) is 14.6. The van der Waals surface area contributed by atoms with Crippen LogP contribution in [-0.2, 0) is 23.2 Å². The van der Waals surface area contributed by atoms with Gasteiger partial charge in [-0.15, -0.1) is 0 Å². The molecule has 0 radical (unpaired) electrons. The molecule has 4 heteroatoms. The number of carbonyl (C=O) groups excluding carboxylic acids is 1. The number of fused-ring (bicyclic) bond motifs is 3. The number of aromatic nitrogens is 1. The van der Waals surface area contributed by atoms with Crippen molar-refractivity contribution in [3.8, 4) is 0 Å². The van der Waals surface area contributed by atoms with Crippen LogP contribution in [0.3, 0.4) is 0 Å². The van der Waals surface area contributed by atoms with Gasteiger partial charge in [-0.2, -0.15) is 0 Å². The molecule has 1 aromatic heterocycles. The van der Waals surface area contributed by atoms with Gasteiger partial charge < -0.3 is 15.0 Å². The average molecular weight is 334 g/mol. The van der Waals surface area contributed by atoms with Crippen molar-refractivity contribution in [3.05, 3.63) is 70.9 Å². The predicted molar refractivity (Wildman–Crippen MR) is 98.6 cm³/mol. The first kappa shape index (κ1) is 15.9. The van der Waals surface area contributed by atoms with Crippen molar-refractivity contribution in [2.45, 2.75) is 31.8 Å². The summed E-state index contributed by atoms with van der Waals surface area (Å²) in [6.07, 6.45) is 1.56. The Morgan fingerprint density at radius 1 is 1.20 bits per heavy atom. The molecule has 3 aromatic rings. The van der Waals surface area contributed by atoms with Crippen molar-refractivity contribution in [2.24, 2.45) is 5.73 Å². The van der Waals surface area contributed by atoms with E-state index in [4.69, 9.17) is 10.5 Å². The number of benzene rings is 2. The highest BCUT2D eigenvalue weighted by molar-refractivity contribution is 6.06. The minimum Gasteiger partial charge on any atom is -0.465 e. The van der Waals surface area contributed by atoms with Gasteiger partial charge in [0.15, 0.2) is 0 Å². The number of aryl methyl sites for hydroxylation is 1. The van der Waals surface area contributed by atoms with Gasteiger partial charge in [-0.3, -0.25) is 0 Å². The lowest BCUT2D eigenvalue weighted by molar-refractivity contribution is 0.0600. The van der Waals surface area contributed by atoms with Crippen LogP contribution in [0.2, 0.25) is 0 Å². The smallest absolute Gasteiger partial charge is 0.340 e. The van der Waals surface area contributed by atoms with Crippen LogP contribution < -0.4 is 5.73 Å². The molecule has 1 atom stereocenters. The van der Waals surface area contributed by atoms with Crippen LogP contribution in [0.4, 0.5) is 0 Å². The van der Waals surface area contributed by atoms with Gasteiger partial charge in [0.2, 0.25) is 0 Å². The molecule has 0 fully saturated rings. The van der Waals surface area contributed by atoms with Crippen molar-refractivity contribution < 1.29 is 9.53 Å². The monoisotopic (exact) mass is 334 g/mol. The highest BCUT2D eigenvalue weighted by Gasteiger charge is 2.36. The number of methoxy groups -OCH3 is 1.